The molecule has 10 heteroatoms. The Morgan fingerprint density at radius 2 is 1.93 bits per heavy atom. The summed E-state index contributed by atoms with van der Waals surface area (Å²) in [4.78, 5) is 15.8. The van der Waals surface area contributed by atoms with E-state index < -0.39 is 6.93 Å². The first-order valence-corrected chi connectivity index (χ1v) is 10.9. The van der Waals surface area contributed by atoms with Crippen molar-refractivity contribution in [1.82, 2.24) is 20.3 Å². The van der Waals surface area contributed by atoms with Crippen LogP contribution >= 0.6 is 11.8 Å². The van der Waals surface area contributed by atoms with Gasteiger partial charge in [-0.05, 0) is 12.2 Å². The van der Waals surface area contributed by atoms with Gasteiger partial charge >= 0.3 is 0 Å². The van der Waals surface area contributed by atoms with Crippen molar-refractivity contribution >= 4 is 28.5 Å². The van der Waals surface area contributed by atoms with Gasteiger partial charge in [0.2, 0.25) is 12.8 Å². The first-order chi connectivity index (χ1) is 14.1. The molecule has 6 nitrogen and oxygen atoms in total. The van der Waals surface area contributed by atoms with Crippen molar-refractivity contribution in [2.75, 3.05) is 43.8 Å². The second kappa shape index (κ2) is 11.4. The van der Waals surface area contributed by atoms with Crippen molar-refractivity contribution in [3.05, 3.63) is 11.5 Å². The van der Waals surface area contributed by atoms with Crippen LogP contribution in [0.15, 0.2) is 5.16 Å². The van der Waals surface area contributed by atoms with Crippen LogP contribution in [0.5, 0.6) is 5.88 Å². The number of hydrogen-bond donors (Lipinski definition) is 1. The molecule has 0 saturated carbocycles. The number of hydrogen-bond acceptors (Lipinski definition) is 7. The van der Waals surface area contributed by atoms with Gasteiger partial charge in [0.15, 0.2) is 11.0 Å². The molecular weight excluding hydrogens is 403 g/mol. The van der Waals surface area contributed by atoms with E-state index in [9.17, 15) is 13.2 Å². The van der Waals surface area contributed by atoms with Crippen molar-refractivity contribution in [3.63, 3.8) is 0 Å². The molecule has 1 unspecified atom stereocenters. The average molecular weight is 432 g/mol. The highest BCUT2D eigenvalue weighted by molar-refractivity contribution is 7.99. The van der Waals surface area contributed by atoms with E-state index in [-0.39, 0.29) is 11.9 Å². The third kappa shape index (κ3) is 5.03. The van der Waals surface area contributed by atoms with E-state index in [0.29, 0.717) is 40.7 Å². The van der Waals surface area contributed by atoms with Gasteiger partial charge in [0, 0.05) is 19.6 Å². The molecule has 0 amide bonds. The fourth-order valence-electron chi connectivity index (χ4n) is 3.25. The highest BCUT2D eigenvalue weighted by atomic mass is 32.2. The number of pyridine rings is 1. The van der Waals surface area contributed by atoms with Gasteiger partial charge < -0.3 is 15.0 Å². The molecule has 0 bridgehead atoms. The van der Waals surface area contributed by atoms with Gasteiger partial charge in [-0.3, -0.25) is 0 Å². The highest BCUT2D eigenvalue weighted by Crippen LogP contribution is 2.38. The molecule has 0 aliphatic carbocycles. The van der Waals surface area contributed by atoms with Gasteiger partial charge in [-0.1, -0.05) is 39.5 Å². The van der Waals surface area contributed by atoms with Gasteiger partial charge in [0.25, 0.3) is 0 Å². The van der Waals surface area contributed by atoms with Crippen LogP contribution < -0.4 is 15.0 Å². The lowest BCUT2D eigenvalue weighted by atomic mass is 10.1. The third-order valence-corrected chi connectivity index (χ3v) is 5.15. The lowest BCUT2D eigenvalue weighted by Crippen LogP contribution is -2.53. The van der Waals surface area contributed by atoms with Crippen LogP contribution in [0, 0.1) is 5.82 Å². The molecule has 162 valence electrons. The van der Waals surface area contributed by atoms with Crippen molar-refractivity contribution in [3.8, 4) is 5.88 Å². The number of aryl methyl sites for hydroxylation is 1. The Balaban J connectivity index is 0.000000551. The summed E-state index contributed by atoms with van der Waals surface area (Å²) in [7, 11) is 0. The summed E-state index contributed by atoms with van der Waals surface area (Å²) in [5, 5.41) is 4.59. The van der Waals surface area contributed by atoms with Crippen molar-refractivity contribution in [2.24, 2.45) is 0 Å². The summed E-state index contributed by atoms with van der Waals surface area (Å²) in [6.07, 6.45) is 0.502. The first-order valence-electron chi connectivity index (χ1n) is 9.89. The average Bonchev–Trinajstić information content (AvgIpc) is 2.90. The fraction of sp³-hybridized carbons (Fsp3) is 0.632. The summed E-state index contributed by atoms with van der Waals surface area (Å²) in [5.74, 6) is 1.70. The lowest BCUT2D eigenvalue weighted by Gasteiger charge is -2.35. The van der Waals surface area contributed by atoms with E-state index in [1.54, 1.807) is 0 Å². The monoisotopic (exact) mass is 431 g/mol. The molecule has 29 heavy (non-hydrogen) atoms. The maximum absolute atomic E-state index is 14.9. The predicted octanol–water partition coefficient (Wildman–Crippen LogP) is 3.92. The number of aromatic nitrogens is 3. The van der Waals surface area contributed by atoms with Crippen molar-refractivity contribution in [1.29, 1.82) is 0 Å². The molecular formula is C19H28F3N5OS. The molecule has 0 spiro atoms. The number of piperazine rings is 1. The van der Waals surface area contributed by atoms with E-state index in [2.05, 4.69) is 20.2 Å². The second-order valence-corrected chi connectivity index (χ2v) is 7.21. The largest absolute Gasteiger partial charge is 0.475 e. The maximum atomic E-state index is 14.9. The molecule has 2 aliphatic rings. The Kier molecular flexibility index (Phi) is 9.22. The molecule has 1 fully saturated rings. The topological polar surface area (TPSA) is 63.2 Å². The van der Waals surface area contributed by atoms with Gasteiger partial charge in [-0.15, -0.1) is 0 Å². The first kappa shape index (κ1) is 23.5. The minimum atomic E-state index is -1.75. The number of alkyl halides is 2. The number of halogens is 3. The van der Waals surface area contributed by atoms with E-state index in [4.69, 9.17) is 9.72 Å². The van der Waals surface area contributed by atoms with Crippen LogP contribution in [0.1, 0.15) is 33.4 Å². The second-order valence-electron chi connectivity index (χ2n) is 5.98. The molecule has 1 atom stereocenters. The molecule has 2 aliphatic heterocycles. The normalized spacial score (nSPS) is 17.2. The summed E-state index contributed by atoms with van der Waals surface area (Å²) in [6, 6.07) is 0.165. The van der Waals surface area contributed by atoms with Crippen LogP contribution in [0.4, 0.5) is 19.0 Å². The standard InChI is InChI=1S/C16H20FN5OS.C2H6.CH2F2/c1-3-10-12(17)13-11-14(21-16(20-13)24-4-2)22-6-5-18-7-9(22)8-23-15(11)19-10;1-2;2-1-3/h9,18H,3-8H2,1-2H3;1-2H3;1H2. The number of fused-ring (bicyclic) bond motifs is 2. The fourth-order valence-corrected chi connectivity index (χ4v) is 3.82. The third-order valence-electron chi connectivity index (χ3n) is 4.42. The van der Waals surface area contributed by atoms with Crippen LogP contribution in [0.25, 0.3) is 10.9 Å². The Labute approximate surface area is 173 Å². The number of ether oxygens (including phenoxy) is 1. The smallest absolute Gasteiger partial charge is 0.229 e. The number of anilines is 1. The minimum Gasteiger partial charge on any atom is -0.475 e. The van der Waals surface area contributed by atoms with Gasteiger partial charge in [0.05, 0.1) is 11.7 Å². The SMILES string of the molecule is CC.CCSc1nc2c3c(nc(CC)c(F)c3n1)OCC1CNCCN21.FCF. The Morgan fingerprint density at radius 3 is 2.59 bits per heavy atom. The minimum absolute atomic E-state index is 0.165. The Morgan fingerprint density at radius 1 is 1.21 bits per heavy atom. The highest BCUT2D eigenvalue weighted by Gasteiger charge is 2.32. The quantitative estimate of drug-likeness (QED) is 0.584. The maximum Gasteiger partial charge on any atom is 0.229 e. The number of nitrogens with one attached hydrogen (secondary N) is 1. The van der Waals surface area contributed by atoms with E-state index in [1.807, 2.05) is 27.7 Å². The van der Waals surface area contributed by atoms with Crippen LogP contribution in [0.3, 0.4) is 0 Å². The summed E-state index contributed by atoms with van der Waals surface area (Å²) < 4.78 is 40.1. The summed E-state index contributed by atoms with van der Waals surface area (Å²) >= 11 is 1.53. The summed E-state index contributed by atoms with van der Waals surface area (Å²) in [5.41, 5.74) is 0.726. The van der Waals surface area contributed by atoms with Crippen molar-refractivity contribution in [2.45, 2.75) is 45.3 Å². The Bertz CT molecular complexity index is 811. The van der Waals surface area contributed by atoms with Gasteiger partial charge in [-0.25, -0.2) is 28.1 Å². The Hall–Kier alpha value is -1.81. The molecule has 1 saturated heterocycles. The van der Waals surface area contributed by atoms with E-state index >= 15 is 0 Å². The van der Waals surface area contributed by atoms with E-state index in [0.717, 1.165) is 31.2 Å². The zero-order valence-corrected chi connectivity index (χ0v) is 18.1. The predicted molar refractivity (Wildman–Crippen MR) is 111 cm³/mol. The zero-order valence-electron chi connectivity index (χ0n) is 17.3. The zero-order chi connectivity index (χ0) is 21.4. The summed E-state index contributed by atoms with van der Waals surface area (Å²) in [6.45, 7) is 9.19. The number of nitrogens with zero attached hydrogens (tertiary/aromatic N) is 4. The molecule has 4 heterocycles. The lowest BCUT2D eigenvalue weighted by molar-refractivity contribution is 0.265. The van der Waals surface area contributed by atoms with Crippen LogP contribution in [-0.4, -0.2) is 59.9 Å². The molecule has 0 radical (unpaired) electrons. The molecule has 0 aromatic carbocycles. The number of thioether (sulfide) groups is 1. The van der Waals surface area contributed by atoms with Gasteiger partial charge in [0.1, 0.15) is 23.3 Å². The van der Waals surface area contributed by atoms with E-state index in [1.165, 1.54) is 11.8 Å². The molecule has 4 rings (SSSR count). The molecule has 1 N–H and O–H groups in total. The van der Waals surface area contributed by atoms with Crippen LogP contribution in [-0.2, 0) is 6.42 Å². The molecule has 2 aromatic heterocycles. The molecule has 2 aromatic rings. The van der Waals surface area contributed by atoms with Crippen LogP contribution in [0.2, 0.25) is 0 Å². The van der Waals surface area contributed by atoms with Gasteiger partial charge in [-0.2, -0.15) is 0 Å². The van der Waals surface area contributed by atoms with Crippen molar-refractivity contribution < 1.29 is 17.9 Å². The number of rotatable bonds is 3.